The van der Waals surface area contributed by atoms with E-state index in [1.165, 1.54) is 37.4 Å². The molecule has 0 fully saturated rings. The molecule has 17 rings (SSSR count). The van der Waals surface area contributed by atoms with E-state index in [0.717, 1.165) is 115 Å². The monoisotopic (exact) mass is 1170 g/mol. The maximum absolute atomic E-state index is 14.5. The molecule has 0 saturated carbocycles. The van der Waals surface area contributed by atoms with Crippen molar-refractivity contribution in [2.24, 2.45) is 0 Å². The first-order chi connectivity index (χ1) is 43.5. The number of anilines is 2. The average Bonchev–Trinajstić information content (AvgIpc) is 0.856. The Hall–Kier alpha value is -10.8. The molecule has 15 aromatic rings. The smallest absolute Gasteiger partial charge is 0.277 e. The number of nitrogens with one attached hydrogen (secondary N) is 1. The van der Waals surface area contributed by atoms with E-state index in [-0.39, 0.29) is 57.9 Å². The van der Waals surface area contributed by atoms with Crippen LogP contribution in [0.25, 0.3) is 119 Å². The third-order valence-electron chi connectivity index (χ3n) is 19.4. The lowest BCUT2D eigenvalue weighted by Crippen LogP contribution is -2.41. The summed E-state index contributed by atoms with van der Waals surface area (Å²) in [5.74, 6) is -0.596. The third kappa shape index (κ3) is 7.51. The Balaban J connectivity index is 0.000000144. The second-order valence-corrected chi connectivity index (χ2v) is 25.6. The molecule has 2 aliphatic rings. The van der Waals surface area contributed by atoms with E-state index in [1.54, 1.807) is 12.1 Å². The van der Waals surface area contributed by atoms with Crippen molar-refractivity contribution in [2.45, 2.75) is 79.1 Å². The van der Waals surface area contributed by atoms with Crippen LogP contribution in [0.5, 0.6) is 0 Å². The number of hydrogen-bond acceptors (Lipinski definition) is 6. The highest BCUT2D eigenvalue weighted by atomic mass is 16.6. The van der Waals surface area contributed by atoms with E-state index in [9.17, 15) is 29.3 Å². The van der Waals surface area contributed by atoms with Crippen molar-refractivity contribution in [1.29, 1.82) is 0 Å². The minimum Gasteiger partial charge on any atom is -0.354 e. The van der Waals surface area contributed by atoms with Crippen LogP contribution >= 0.6 is 0 Å². The zero-order valence-corrected chi connectivity index (χ0v) is 51.0. The van der Waals surface area contributed by atoms with Gasteiger partial charge in [0, 0.05) is 60.9 Å². The topological polar surface area (TPSA) is 134 Å². The molecule has 0 unspecified atom stereocenters. The van der Waals surface area contributed by atoms with Crippen molar-refractivity contribution in [1.82, 2.24) is 4.98 Å². The molecular formula is C80H60N4O6. The van der Waals surface area contributed by atoms with Gasteiger partial charge in [0.05, 0.1) is 21.9 Å². The number of benzene rings is 14. The fourth-order valence-electron chi connectivity index (χ4n) is 15.4. The molecule has 0 spiro atoms. The first-order valence-electron chi connectivity index (χ1n) is 31.0. The van der Waals surface area contributed by atoms with E-state index >= 15 is 0 Å². The molecule has 10 nitrogen and oxygen atoms in total. The number of nitro groups is 1. The summed E-state index contributed by atoms with van der Waals surface area (Å²) in [5.41, 5.74) is 11.2. The van der Waals surface area contributed by atoms with Gasteiger partial charge in [-0.3, -0.25) is 29.3 Å². The van der Waals surface area contributed by atoms with Crippen molar-refractivity contribution >= 4 is 149 Å². The molecule has 0 saturated heterocycles. The van der Waals surface area contributed by atoms with Crippen LogP contribution in [0.4, 0.5) is 17.1 Å². The minimum absolute atomic E-state index is 0.0548. The molecule has 4 amide bonds. The molecule has 1 N–H and O–H groups in total. The molecule has 10 heteroatoms. The molecule has 0 bridgehead atoms. The Labute approximate surface area is 517 Å². The summed E-state index contributed by atoms with van der Waals surface area (Å²) in [6.07, 6.45) is 0. The predicted molar refractivity (Wildman–Crippen MR) is 368 cm³/mol. The maximum atomic E-state index is 14.5. The maximum Gasteiger partial charge on any atom is 0.277 e. The van der Waals surface area contributed by atoms with Gasteiger partial charge in [0.25, 0.3) is 29.3 Å². The van der Waals surface area contributed by atoms with Crippen LogP contribution in [0.2, 0.25) is 0 Å². The van der Waals surface area contributed by atoms with Crippen LogP contribution in [-0.2, 0) is 0 Å². The van der Waals surface area contributed by atoms with Gasteiger partial charge in [0.15, 0.2) is 0 Å². The number of carbonyl (C=O) groups excluding carboxylic acids is 4. The lowest BCUT2D eigenvalue weighted by molar-refractivity contribution is -0.384. The van der Waals surface area contributed by atoms with Gasteiger partial charge in [0.2, 0.25) is 0 Å². The number of nitro benzene ring substituents is 1. The quantitative estimate of drug-likeness (QED) is 0.0529. The molecule has 3 heterocycles. The second kappa shape index (κ2) is 19.8. The van der Waals surface area contributed by atoms with Crippen LogP contribution in [-0.4, -0.2) is 33.5 Å². The summed E-state index contributed by atoms with van der Waals surface area (Å²) >= 11 is 0. The highest BCUT2D eigenvalue weighted by Gasteiger charge is 2.40. The van der Waals surface area contributed by atoms with Gasteiger partial charge in [0.1, 0.15) is 0 Å². The highest BCUT2D eigenvalue weighted by molar-refractivity contribution is 6.45. The van der Waals surface area contributed by atoms with Gasteiger partial charge in [-0.25, -0.2) is 9.80 Å². The SMILES string of the molecule is CC(C)c1cccc(C(C)C)c1N1C(=O)c2ccc3c4cccc5c(-c6ccccc6[N+](=O)[O-])ccc(c6ccc(c2c36)C1=O)c54.CC(C)c1cccc(C(C)C)c1N1C(=O)c2ccc3c4cccc5c6c(cc(c7ccc(c2c37)C1=O)c45)[nH]c1ccccc16. The normalized spacial score (nSPS) is 13.6. The van der Waals surface area contributed by atoms with E-state index in [0.29, 0.717) is 38.9 Å². The minimum atomic E-state index is -0.344. The number of hydrogen-bond donors (Lipinski definition) is 1. The summed E-state index contributed by atoms with van der Waals surface area (Å²) in [4.78, 5) is 76.0. The highest BCUT2D eigenvalue weighted by Crippen LogP contribution is 2.51. The van der Waals surface area contributed by atoms with Crippen molar-refractivity contribution in [3.63, 3.8) is 0 Å². The molecule has 1 aromatic heterocycles. The van der Waals surface area contributed by atoms with Gasteiger partial charge in [-0.1, -0.05) is 195 Å². The zero-order chi connectivity index (χ0) is 62.0. The van der Waals surface area contributed by atoms with Crippen LogP contribution in [0.1, 0.15) is 143 Å². The largest absolute Gasteiger partial charge is 0.354 e. The van der Waals surface area contributed by atoms with Crippen molar-refractivity contribution in [3.8, 4) is 11.1 Å². The summed E-state index contributed by atoms with van der Waals surface area (Å²) in [6, 6.07) is 61.9. The number of fused-ring (bicyclic) bond motifs is 8. The first-order valence-corrected chi connectivity index (χ1v) is 31.0. The number of aromatic amines is 1. The lowest BCUT2D eigenvalue weighted by atomic mass is 9.83. The van der Waals surface area contributed by atoms with Crippen LogP contribution < -0.4 is 9.80 Å². The molecule has 2 aliphatic heterocycles. The molecule has 90 heavy (non-hydrogen) atoms. The zero-order valence-electron chi connectivity index (χ0n) is 51.0. The second-order valence-electron chi connectivity index (χ2n) is 25.6. The van der Waals surface area contributed by atoms with Gasteiger partial charge >= 0.3 is 0 Å². The fraction of sp³-hybridized carbons (Fsp3) is 0.150. The van der Waals surface area contributed by atoms with Crippen molar-refractivity contribution in [3.05, 3.63) is 243 Å². The fourth-order valence-corrected chi connectivity index (χ4v) is 15.4. The summed E-state index contributed by atoms with van der Waals surface area (Å²) in [5, 5.41) is 30.2. The number of amides is 4. The molecule has 0 radical (unpaired) electrons. The van der Waals surface area contributed by atoms with Gasteiger partial charge < -0.3 is 4.98 Å². The van der Waals surface area contributed by atoms with E-state index < -0.39 is 0 Å². The molecule has 14 aromatic carbocycles. The number of rotatable bonds is 8. The molecule has 436 valence electrons. The number of H-pyrrole nitrogens is 1. The van der Waals surface area contributed by atoms with Crippen LogP contribution in [0.3, 0.4) is 0 Å². The Morgan fingerprint density at radius 1 is 0.311 bits per heavy atom. The number of carbonyl (C=O) groups is 4. The van der Waals surface area contributed by atoms with Gasteiger partial charge in [-0.05, 0) is 169 Å². The molecular weight excluding hydrogens is 1110 g/mol. The van der Waals surface area contributed by atoms with Gasteiger partial charge in [-0.2, -0.15) is 0 Å². The third-order valence-corrected chi connectivity index (χ3v) is 19.4. The Morgan fingerprint density at radius 3 is 1.13 bits per heavy atom. The number of aromatic nitrogens is 1. The van der Waals surface area contributed by atoms with Crippen LogP contribution in [0, 0.1) is 10.1 Å². The molecule has 0 atom stereocenters. The number of imide groups is 2. The summed E-state index contributed by atoms with van der Waals surface area (Å²) in [7, 11) is 0. The summed E-state index contributed by atoms with van der Waals surface area (Å²) < 4.78 is 0. The van der Waals surface area contributed by atoms with E-state index in [2.05, 4.69) is 127 Å². The van der Waals surface area contributed by atoms with E-state index in [1.807, 2.05) is 103 Å². The first kappa shape index (κ1) is 54.5. The van der Waals surface area contributed by atoms with E-state index in [4.69, 9.17) is 0 Å². The Morgan fingerprint density at radius 2 is 0.667 bits per heavy atom. The van der Waals surface area contributed by atoms with Crippen molar-refractivity contribution < 1.29 is 24.1 Å². The number of para-hydroxylation sites is 4. The Kier molecular flexibility index (Phi) is 12.0. The van der Waals surface area contributed by atoms with Crippen LogP contribution in [0.15, 0.2) is 188 Å². The molecule has 0 aliphatic carbocycles. The summed E-state index contributed by atoms with van der Waals surface area (Å²) in [6.45, 7) is 16.8. The standard InChI is InChI=1S/C40H30N2O4.C40H30N2O2/c1-21(2)23-10-7-11-24(22(3)4)38(23)41-39(43)32-19-17-30-28-13-8-12-27-25(26-9-5-6-14-34(26)42(45)46)15-16-29(35(27)28)31-18-20-33(40(41)44)37(32)36(30)31;1-20(2)22-10-7-11-23(21(3)4)38(22)42-39(43)29-17-15-25-24-12-8-13-28-34(24)31(26-16-18-30(40(42)44)37(29)36(25)26)19-33-35(28)27-9-5-6-14-32(27)41-33/h5-22H,1-4H3;5-21,41H,1-4H3. The lowest BCUT2D eigenvalue weighted by Gasteiger charge is -2.32. The predicted octanol–water partition coefficient (Wildman–Crippen LogP) is 20.8. The van der Waals surface area contributed by atoms with Crippen molar-refractivity contribution in [2.75, 3.05) is 9.80 Å². The van der Waals surface area contributed by atoms with Gasteiger partial charge in [-0.15, -0.1) is 0 Å². The average molecular weight is 1170 g/mol. The number of nitrogens with zero attached hydrogens (tertiary/aromatic N) is 3. The Bertz CT molecular complexity index is 5570.